The highest BCUT2D eigenvalue weighted by molar-refractivity contribution is 7.11. The molecule has 1 atom stereocenters. The molecule has 1 aliphatic rings. The summed E-state index contributed by atoms with van der Waals surface area (Å²) in [4.78, 5) is 12.9. The molecule has 126 valence electrons. The first-order valence-electron chi connectivity index (χ1n) is 7.65. The molecule has 3 aromatic rings. The zero-order valence-electron chi connectivity index (χ0n) is 12.9. The molecule has 4 rings (SSSR count). The van der Waals surface area contributed by atoms with Crippen molar-refractivity contribution in [3.05, 3.63) is 75.7 Å². The van der Waals surface area contributed by atoms with E-state index in [9.17, 15) is 18.0 Å². The van der Waals surface area contributed by atoms with Crippen molar-refractivity contribution in [1.29, 1.82) is 0 Å². The normalized spacial score (nSPS) is 16.4. The zero-order valence-corrected chi connectivity index (χ0v) is 13.7. The van der Waals surface area contributed by atoms with Crippen molar-refractivity contribution in [2.24, 2.45) is 0 Å². The van der Waals surface area contributed by atoms with Gasteiger partial charge in [-0.25, -0.2) is 13.2 Å². The molecule has 25 heavy (non-hydrogen) atoms. The van der Waals surface area contributed by atoms with Crippen LogP contribution in [-0.4, -0.2) is 5.91 Å². The molecule has 1 N–H and O–H groups in total. The number of carbonyl (C=O) groups excluding carboxylic acids is 1. The number of amides is 1. The Hall–Kier alpha value is -2.60. The average molecular weight is 359 g/mol. The molecule has 1 aliphatic heterocycles. The largest absolute Gasteiger partial charge is 0.325 e. The summed E-state index contributed by atoms with van der Waals surface area (Å²) in [6.45, 7) is 0. The number of rotatable bonds is 2. The summed E-state index contributed by atoms with van der Waals surface area (Å²) in [5, 5.41) is 4.63. The SMILES string of the molecule is O=C1C[C@H](c2ccc(F)cc2F)c2scc(-c3cccc(F)c3)c2N1. The summed E-state index contributed by atoms with van der Waals surface area (Å²) in [6, 6.07) is 9.46. The van der Waals surface area contributed by atoms with E-state index in [1.54, 1.807) is 12.1 Å². The van der Waals surface area contributed by atoms with E-state index in [2.05, 4.69) is 5.32 Å². The van der Waals surface area contributed by atoms with Crippen molar-refractivity contribution >= 4 is 22.9 Å². The van der Waals surface area contributed by atoms with Crippen molar-refractivity contribution in [2.45, 2.75) is 12.3 Å². The molecular weight excluding hydrogens is 347 g/mol. The summed E-state index contributed by atoms with van der Waals surface area (Å²) in [5.74, 6) is -2.45. The molecule has 0 aliphatic carbocycles. The Labute approximate surface area is 145 Å². The number of nitrogens with one attached hydrogen (secondary N) is 1. The third-order valence-electron chi connectivity index (χ3n) is 4.26. The number of anilines is 1. The summed E-state index contributed by atoms with van der Waals surface area (Å²) in [5.41, 5.74) is 2.18. The van der Waals surface area contributed by atoms with E-state index in [0.29, 0.717) is 16.8 Å². The second-order valence-electron chi connectivity index (χ2n) is 5.87. The first-order valence-corrected chi connectivity index (χ1v) is 8.53. The van der Waals surface area contributed by atoms with E-state index >= 15 is 0 Å². The lowest BCUT2D eigenvalue weighted by atomic mass is 9.89. The monoisotopic (exact) mass is 359 g/mol. The number of carbonyl (C=O) groups is 1. The van der Waals surface area contributed by atoms with Gasteiger partial charge in [0.2, 0.25) is 5.91 Å². The summed E-state index contributed by atoms with van der Waals surface area (Å²) < 4.78 is 41.0. The van der Waals surface area contributed by atoms with Crippen LogP contribution in [0.2, 0.25) is 0 Å². The summed E-state index contributed by atoms with van der Waals surface area (Å²) in [6.07, 6.45) is 0.0820. The highest BCUT2D eigenvalue weighted by atomic mass is 32.1. The van der Waals surface area contributed by atoms with Gasteiger partial charge in [-0.05, 0) is 29.3 Å². The van der Waals surface area contributed by atoms with Gasteiger partial charge >= 0.3 is 0 Å². The van der Waals surface area contributed by atoms with Gasteiger partial charge < -0.3 is 5.32 Å². The van der Waals surface area contributed by atoms with Crippen LogP contribution in [-0.2, 0) is 4.79 Å². The predicted molar refractivity (Wildman–Crippen MR) is 91.2 cm³/mol. The molecule has 1 aromatic heterocycles. The first kappa shape index (κ1) is 15.9. The Morgan fingerprint density at radius 2 is 1.84 bits per heavy atom. The van der Waals surface area contributed by atoms with Crippen molar-refractivity contribution in [3.63, 3.8) is 0 Å². The van der Waals surface area contributed by atoms with E-state index in [-0.39, 0.29) is 23.7 Å². The second-order valence-corrected chi connectivity index (χ2v) is 6.78. The Bertz CT molecular complexity index is 983. The highest BCUT2D eigenvalue weighted by Gasteiger charge is 2.32. The van der Waals surface area contributed by atoms with Crippen LogP contribution < -0.4 is 5.32 Å². The van der Waals surface area contributed by atoms with E-state index < -0.39 is 17.6 Å². The Kier molecular flexibility index (Phi) is 3.84. The molecule has 0 spiro atoms. The zero-order chi connectivity index (χ0) is 17.6. The lowest BCUT2D eigenvalue weighted by Gasteiger charge is -2.24. The minimum Gasteiger partial charge on any atom is -0.325 e. The van der Waals surface area contributed by atoms with Gasteiger partial charge in [-0.1, -0.05) is 18.2 Å². The lowest BCUT2D eigenvalue weighted by molar-refractivity contribution is -0.116. The van der Waals surface area contributed by atoms with Crippen molar-refractivity contribution < 1.29 is 18.0 Å². The molecule has 0 radical (unpaired) electrons. The third kappa shape index (κ3) is 2.82. The van der Waals surface area contributed by atoms with Crippen molar-refractivity contribution in [3.8, 4) is 11.1 Å². The fraction of sp³-hybridized carbons (Fsp3) is 0.105. The van der Waals surface area contributed by atoms with Gasteiger partial charge in [-0.2, -0.15) is 0 Å². The van der Waals surface area contributed by atoms with Crippen molar-refractivity contribution in [1.82, 2.24) is 0 Å². The maximum absolute atomic E-state index is 14.2. The first-order chi connectivity index (χ1) is 12.0. The smallest absolute Gasteiger partial charge is 0.225 e. The van der Waals surface area contributed by atoms with Gasteiger partial charge in [0, 0.05) is 34.2 Å². The van der Waals surface area contributed by atoms with Gasteiger partial charge in [-0.15, -0.1) is 11.3 Å². The minimum absolute atomic E-state index is 0.0820. The quantitative estimate of drug-likeness (QED) is 0.660. The van der Waals surface area contributed by atoms with Crippen LogP contribution in [0.3, 0.4) is 0 Å². The molecule has 2 aromatic carbocycles. The van der Waals surface area contributed by atoms with Crippen molar-refractivity contribution in [2.75, 3.05) is 5.32 Å². The van der Waals surface area contributed by atoms with Crippen LogP contribution in [0.15, 0.2) is 47.8 Å². The van der Waals surface area contributed by atoms with Crippen LogP contribution in [0.25, 0.3) is 11.1 Å². The second kappa shape index (κ2) is 6.04. The van der Waals surface area contributed by atoms with Crippen LogP contribution in [0.1, 0.15) is 22.8 Å². The number of hydrogen-bond acceptors (Lipinski definition) is 2. The fourth-order valence-corrected chi connectivity index (χ4v) is 4.28. The molecule has 2 heterocycles. The third-order valence-corrected chi connectivity index (χ3v) is 5.36. The number of thiophene rings is 1. The molecule has 0 bridgehead atoms. The van der Waals surface area contributed by atoms with E-state index in [0.717, 1.165) is 10.9 Å². The maximum atomic E-state index is 14.2. The Morgan fingerprint density at radius 3 is 2.60 bits per heavy atom. The molecule has 0 saturated carbocycles. The topological polar surface area (TPSA) is 29.1 Å². The van der Waals surface area contributed by atoms with Gasteiger partial charge in [0.1, 0.15) is 17.5 Å². The van der Waals surface area contributed by atoms with Gasteiger partial charge in [0.15, 0.2) is 0 Å². The van der Waals surface area contributed by atoms with Gasteiger partial charge in [0.25, 0.3) is 0 Å². The fourth-order valence-electron chi connectivity index (χ4n) is 3.13. The van der Waals surface area contributed by atoms with Gasteiger partial charge in [-0.3, -0.25) is 4.79 Å². The predicted octanol–water partition coefficient (Wildman–Crippen LogP) is 5.31. The lowest BCUT2D eigenvalue weighted by Crippen LogP contribution is -2.23. The number of benzene rings is 2. The maximum Gasteiger partial charge on any atom is 0.225 e. The standard InChI is InChI=1S/C19H12F3NOS/c20-11-3-1-2-10(6-11)15-9-25-19-14(8-17(24)23-18(15)19)13-5-4-12(21)7-16(13)22/h1-7,9,14H,8H2,(H,23,24)/t14-/m1/s1. The summed E-state index contributed by atoms with van der Waals surface area (Å²) in [7, 11) is 0. The van der Waals surface area contributed by atoms with Crippen LogP contribution in [0.5, 0.6) is 0 Å². The molecule has 1 amide bonds. The molecular formula is C19H12F3NOS. The average Bonchev–Trinajstić information content (AvgIpc) is 2.98. The number of fused-ring (bicyclic) bond motifs is 1. The minimum atomic E-state index is -0.675. The molecule has 2 nitrogen and oxygen atoms in total. The number of hydrogen-bond donors (Lipinski definition) is 1. The van der Waals surface area contributed by atoms with Gasteiger partial charge in [0.05, 0.1) is 5.69 Å². The Morgan fingerprint density at radius 1 is 1.04 bits per heavy atom. The van der Waals surface area contributed by atoms with E-state index in [1.807, 2.05) is 5.38 Å². The molecule has 6 heteroatoms. The highest BCUT2D eigenvalue weighted by Crippen LogP contribution is 2.47. The molecule has 0 fully saturated rings. The molecule has 0 saturated heterocycles. The van der Waals surface area contributed by atoms with E-state index in [1.165, 1.54) is 35.6 Å². The molecule has 0 unspecified atom stereocenters. The van der Waals surface area contributed by atoms with Crippen LogP contribution in [0, 0.1) is 17.5 Å². The summed E-state index contributed by atoms with van der Waals surface area (Å²) >= 11 is 1.37. The van der Waals surface area contributed by atoms with Crippen LogP contribution >= 0.6 is 11.3 Å². The number of halogens is 3. The Balaban J connectivity index is 1.84. The van der Waals surface area contributed by atoms with E-state index in [4.69, 9.17) is 0 Å². The van der Waals surface area contributed by atoms with Crippen LogP contribution in [0.4, 0.5) is 18.9 Å².